The highest BCUT2D eigenvalue weighted by molar-refractivity contribution is 14.1. The van der Waals surface area contributed by atoms with E-state index in [1.807, 2.05) is 37.3 Å². The van der Waals surface area contributed by atoms with Crippen LogP contribution < -0.4 is 19.5 Å². The summed E-state index contributed by atoms with van der Waals surface area (Å²) in [6.45, 7) is 4.85. The number of carbonyl (C=O) groups excluding carboxylic acids is 1. The van der Waals surface area contributed by atoms with E-state index in [1.54, 1.807) is 25.3 Å². The fourth-order valence-corrected chi connectivity index (χ4v) is 3.60. The van der Waals surface area contributed by atoms with E-state index >= 15 is 0 Å². The van der Waals surface area contributed by atoms with Crippen molar-refractivity contribution in [2.45, 2.75) is 20.5 Å². The summed E-state index contributed by atoms with van der Waals surface area (Å²) in [5, 5.41) is 2.89. The van der Waals surface area contributed by atoms with Crippen molar-refractivity contribution in [3.05, 3.63) is 80.9 Å². The van der Waals surface area contributed by atoms with Gasteiger partial charge in [0.05, 0.1) is 17.3 Å². The molecule has 156 valence electrons. The van der Waals surface area contributed by atoms with Crippen molar-refractivity contribution < 1.29 is 19.0 Å². The Bertz CT molecular complexity index is 1020. The average molecular weight is 517 g/mol. The van der Waals surface area contributed by atoms with Crippen LogP contribution in [-0.2, 0) is 6.61 Å². The zero-order chi connectivity index (χ0) is 21.5. The monoisotopic (exact) mass is 517 g/mol. The van der Waals surface area contributed by atoms with Crippen LogP contribution in [0.15, 0.2) is 60.7 Å². The molecular formula is C24H24INO4. The van der Waals surface area contributed by atoms with Gasteiger partial charge in [0, 0.05) is 17.3 Å². The third-order valence-corrected chi connectivity index (χ3v) is 5.20. The second-order valence-electron chi connectivity index (χ2n) is 6.68. The largest absolute Gasteiger partial charge is 0.497 e. The first-order chi connectivity index (χ1) is 14.5. The van der Waals surface area contributed by atoms with Crippen molar-refractivity contribution in [2.24, 2.45) is 0 Å². The lowest BCUT2D eigenvalue weighted by Gasteiger charge is -2.16. The van der Waals surface area contributed by atoms with E-state index in [9.17, 15) is 4.79 Å². The topological polar surface area (TPSA) is 56.8 Å². The predicted octanol–water partition coefficient (Wildman–Crippen LogP) is 5.84. The van der Waals surface area contributed by atoms with Gasteiger partial charge in [-0.2, -0.15) is 0 Å². The minimum absolute atomic E-state index is 0.229. The smallest absolute Gasteiger partial charge is 0.255 e. The Kier molecular flexibility index (Phi) is 7.57. The van der Waals surface area contributed by atoms with Crippen LogP contribution in [0.4, 0.5) is 5.69 Å². The minimum atomic E-state index is -0.229. The lowest BCUT2D eigenvalue weighted by molar-refractivity contribution is 0.102. The van der Waals surface area contributed by atoms with Crippen LogP contribution in [0.3, 0.4) is 0 Å². The first kappa shape index (κ1) is 22.0. The van der Waals surface area contributed by atoms with E-state index in [0.29, 0.717) is 41.7 Å². The van der Waals surface area contributed by atoms with Gasteiger partial charge in [0.2, 0.25) is 0 Å². The molecule has 0 aromatic heterocycles. The molecule has 0 heterocycles. The van der Waals surface area contributed by atoms with E-state index in [4.69, 9.17) is 14.2 Å². The summed E-state index contributed by atoms with van der Waals surface area (Å²) in [5.74, 6) is 1.63. The summed E-state index contributed by atoms with van der Waals surface area (Å²) in [7, 11) is 1.59. The Morgan fingerprint density at radius 2 is 1.80 bits per heavy atom. The zero-order valence-corrected chi connectivity index (χ0v) is 19.4. The highest BCUT2D eigenvalue weighted by atomic mass is 127. The van der Waals surface area contributed by atoms with Crippen LogP contribution in [-0.4, -0.2) is 19.6 Å². The molecule has 0 atom stereocenters. The molecule has 3 rings (SSSR count). The Morgan fingerprint density at radius 1 is 1.03 bits per heavy atom. The maximum absolute atomic E-state index is 12.8. The van der Waals surface area contributed by atoms with Crippen molar-refractivity contribution in [3.63, 3.8) is 0 Å². The van der Waals surface area contributed by atoms with Crippen molar-refractivity contribution in [2.75, 3.05) is 19.0 Å². The Morgan fingerprint density at radius 3 is 2.50 bits per heavy atom. The molecule has 5 nitrogen and oxygen atoms in total. The summed E-state index contributed by atoms with van der Waals surface area (Å²) < 4.78 is 17.8. The first-order valence-corrected chi connectivity index (χ1v) is 10.7. The Balaban J connectivity index is 1.80. The maximum Gasteiger partial charge on any atom is 0.255 e. The third kappa shape index (κ3) is 5.66. The van der Waals surface area contributed by atoms with Crippen LogP contribution in [0, 0.1) is 10.5 Å². The Labute approximate surface area is 190 Å². The van der Waals surface area contributed by atoms with Gasteiger partial charge < -0.3 is 19.5 Å². The molecule has 0 spiro atoms. The van der Waals surface area contributed by atoms with Crippen LogP contribution in [0.25, 0.3) is 0 Å². The molecule has 30 heavy (non-hydrogen) atoms. The Hall–Kier alpha value is -2.74. The molecule has 0 aliphatic carbocycles. The average Bonchev–Trinajstić information content (AvgIpc) is 2.74. The number of methoxy groups -OCH3 is 1. The first-order valence-electron chi connectivity index (χ1n) is 9.60. The molecule has 0 aliphatic rings. The number of benzene rings is 3. The molecule has 0 fully saturated rings. The maximum atomic E-state index is 12.8. The number of hydrogen-bond donors (Lipinski definition) is 1. The van der Waals surface area contributed by atoms with Crippen molar-refractivity contribution >= 4 is 34.2 Å². The highest BCUT2D eigenvalue weighted by Gasteiger charge is 2.17. The molecule has 0 saturated carbocycles. The lowest BCUT2D eigenvalue weighted by Crippen LogP contribution is -2.13. The molecule has 0 unspecified atom stereocenters. The summed E-state index contributed by atoms with van der Waals surface area (Å²) in [6, 6.07) is 18.9. The van der Waals surface area contributed by atoms with Gasteiger partial charge in [-0.05, 0) is 66.3 Å². The number of anilines is 1. The number of aryl methyl sites for hydroxylation is 1. The normalized spacial score (nSPS) is 10.4. The lowest BCUT2D eigenvalue weighted by atomic mass is 10.1. The van der Waals surface area contributed by atoms with Gasteiger partial charge in [-0.15, -0.1) is 0 Å². The molecule has 0 saturated heterocycles. The van der Waals surface area contributed by atoms with E-state index < -0.39 is 0 Å². The van der Waals surface area contributed by atoms with Crippen molar-refractivity contribution in [3.8, 4) is 17.2 Å². The summed E-state index contributed by atoms with van der Waals surface area (Å²) in [4.78, 5) is 12.8. The number of ether oxygens (including phenoxy) is 3. The fourth-order valence-electron chi connectivity index (χ4n) is 2.85. The zero-order valence-electron chi connectivity index (χ0n) is 17.2. The number of carbonyl (C=O) groups is 1. The fraction of sp³-hybridized carbons (Fsp3) is 0.208. The molecule has 1 amide bonds. The van der Waals surface area contributed by atoms with Crippen LogP contribution in [0.2, 0.25) is 0 Å². The number of amides is 1. The number of halogens is 1. The molecule has 1 N–H and O–H groups in total. The standard InChI is InChI=1S/C24H24INO4/c1-4-29-22-13-18(24(27)26-19-6-5-7-20(14-19)28-3)12-21(25)23(22)30-15-17-10-8-16(2)9-11-17/h5-14H,4,15H2,1-3H3,(H,26,27). The van der Waals surface area contributed by atoms with E-state index in [1.165, 1.54) is 5.56 Å². The summed E-state index contributed by atoms with van der Waals surface area (Å²) in [5.41, 5.74) is 3.42. The van der Waals surface area contributed by atoms with Gasteiger partial charge in [-0.1, -0.05) is 35.9 Å². The van der Waals surface area contributed by atoms with Gasteiger partial charge in [0.25, 0.3) is 5.91 Å². The second kappa shape index (κ2) is 10.3. The SMILES string of the molecule is CCOc1cc(C(=O)Nc2cccc(OC)c2)cc(I)c1OCc1ccc(C)cc1. The molecule has 3 aromatic rings. The molecular weight excluding hydrogens is 493 g/mol. The van der Waals surface area contributed by atoms with E-state index in [-0.39, 0.29) is 5.91 Å². The molecule has 0 radical (unpaired) electrons. The van der Waals surface area contributed by atoms with Gasteiger partial charge in [0.1, 0.15) is 12.4 Å². The summed E-state index contributed by atoms with van der Waals surface area (Å²) in [6.07, 6.45) is 0. The third-order valence-electron chi connectivity index (χ3n) is 4.40. The number of nitrogens with one attached hydrogen (secondary N) is 1. The van der Waals surface area contributed by atoms with E-state index in [2.05, 4.69) is 47.0 Å². The van der Waals surface area contributed by atoms with Gasteiger partial charge >= 0.3 is 0 Å². The van der Waals surface area contributed by atoms with Crippen LogP contribution in [0.5, 0.6) is 17.2 Å². The van der Waals surface area contributed by atoms with Gasteiger partial charge in [0.15, 0.2) is 11.5 Å². The van der Waals surface area contributed by atoms with Crippen LogP contribution >= 0.6 is 22.6 Å². The number of hydrogen-bond acceptors (Lipinski definition) is 4. The second-order valence-corrected chi connectivity index (χ2v) is 7.84. The van der Waals surface area contributed by atoms with Gasteiger partial charge in [-0.3, -0.25) is 4.79 Å². The molecule has 6 heteroatoms. The van der Waals surface area contributed by atoms with Crippen LogP contribution in [0.1, 0.15) is 28.4 Å². The molecule has 0 aliphatic heterocycles. The number of rotatable bonds is 8. The predicted molar refractivity (Wildman–Crippen MR) is 127 cm³/mol. The highest BCUT2D eigenvalue weighted by Crippen LogP contribution is 2.35. The van der Waals surface area contributed by atoms with Crippen molar-refractivity contribution in [1.29, 1.82) is 0 Å². The van der Waals surface area contributed by atoms with E-state index in [0.717, 1.165) is 9.13 Å². The molecule has 0 bridgehead atoms. The summed E-state index contributed by atoms with van der Waals surface area (Å²) >= 11 is 2.17. The molecule has 3 aromatic carbocycles. The quantitative estimate of drug-likeness (QED) is 0.382. The minimum Gasteiger partial charge on any atom is -0.497 e. The van der Waals surface area contributed by atoms with Gasteiger partial charge in [-0.25, -0.2) is 0 Å². The van der Waals surface area contributed by atoms with Crippen molar-refractivity contribution in [1.82, 2.24) is 0 Å².